The van der Waals surface area contributed by atoms with Crippen LogP contribution in [0.3, 0.4) is 0 Å². The van der Waals surface area contributed by atoms with Gasteiger partial charge in [0.05, 0.1) is 38.3 Å². The highest BCUT2D eigenvalue weighted by Crippen LogP contribution is 2.28. The summed E-state index contributed by atoms with van der Waals surface area (Å²) >= 11 is 0. The molecule has 0 aliphatic carbocycles. The standard InChI is InChI=1S/C25H26N6O5/c1-4-22(32)30-10-8-17(15-30)31-25-20(14-27-31)24(26-9-7-23(33)34)28-21(29-25)6-5-16-11-18(35-2)13-19(12-16)36-3/h4,11-14,17H,1,7-10,15H2,2-3H3,(H,33,34)(H,26,28,29)/t17-/m0/s1. The van der Waals surface area contributed by atoms with Crippen molar-refractivity contribution >= 4 is 28.7 Å². The maximum Gasteiger partial charge on any atom is 0.305 e. The van der Waals surface area contributed by atoms with Crippen molar-refractivity contribution in [3.63, 3.8) is 0 Å². The number of likely N-dealkylation sites (tertiary alicyclic amines) is 1. The number of carboxylic acids is 1. The maximum absolute atomic E-state index is 12.0. The third-order valence-corrected chi connectivity index (χ3v) is 5.75. The van der Waals surface area contributed by atoms with Gasteiger partial charge in [0.15, 0.2) is 5.65 Å². The van der Waals surface area contributed by atoms with Crippen molar-refractivity contribution in [3.05, 3.63) is 48.4 Å². The van der Waals surface area contributed by atoms with Crippen LogP contribution in [0, 0.1) is 11.8 Å². The molecule has 0 bridgehead atoms. The number of nitrogens with zero attached hydrogens (tertiary/aromatic N) is 5. The van der Waals surface area contributed by atoms with Crippen molar-refractivity contribution < 1.29 is 24.2 Å². The molecule has 1 aliphatic heterocycles. The van der Waals surface area contributed by atoms with Crippen LogP contribution in [0.15, 0.2) is 37.1 Å². The summed E-state index contributed by atoms with van der Waals surface area (Å²) in [4.78, 5) is 33.9. The highest BCUT2D eigenvalue weighted by molar-refractivity contribution is 5.88. The second-order valence-electron chi connectivity index (χ2n) is 8.07. The van der Waals surface area contributed by atoms with E-state index in [1.807, 2.05) is 0 Å². The van der Waals surface area contributed by atoms with Gasteiger partial charge in [0.2, 0.25) is 11.7 Å². The number of benzene rings is 1. The van der Waals surface area contributed by atoms with Gasteiger partial charge in [-0.1, -0.05) is 12.5 Å². The van der Waals surface area contributed by atoms with E-state index in [9.17, 15) is 9.59 Å². The van der Waals surface area contributed by atoms with Crippen LogP contribution in [0.5, 0.6) is 11.5 Å². The van der Waals surface area contributed by atoms with E-state index in [0.29, 0.717) is 53.4 Å². The van der Waals surface area contributed by atoms with Crippen molar-refractivity contribution in [3.8, 4) is 23.3 Å². The van der Waals surface area contributed by atoms with Crippen LogP contribution in [0.2, 0.25) is 0 Å². The zero-order valence-corrected chi connectivity index (χ0v) is 20.0. The summed E-state index contributed by atoms with van der Waals surface area (Å²) in [6.07, 6.45) is 3.58. The summed E-state index contributed by atoms with van der Waals surface area (Å²) in [5, 5.41) is 17.2. The van der Waals surface area contributed by atoms with Gasteiger partial charge < -0.3 is 24.8 Å². The summed E-state index contributed by atoms with van der Waals surface area (Å²) in [5.41, 5.74) is 1.20. The number of methoxy groups -OCH3 is 2. The lowest BCUT2D eigenvalue weighted by Gasteiger charge is -2.15. The molecule has 1 fully saturated rings. The zero-order chi connectivity index (χ0) is 25.7. The van der Waals surface area contributed by atoms with E-state index in [2.05, 4.69) is 38.8 Å². The van der Waals surface area contributed by atoms with Crippen LogP contribution in [0.4, 0.5) is 5.82 Å². The van der Waals surface area contributed by atoms with Crippen molar-refractivity contribution in [2.45, 2.75) is 18.9 Å². The van der Waals surface area contributed by atoms with Crippen LogP contribution in [0.1, 0.15) is 30.3 Å². The number of anilines is 1. The van der Waals surface area contributed by atoms with Crippen molar-refractivity contribution in [1.82, 2.24) is 24.6 Å². The maximum atomic E-state index is 12.0. The first-order valence-corrected chi connectivity index (χ1v) is 11.3. The Balaban J connectivity index is 1.72. The number of carbonyl (C=O) groups excluding carboxylic acids is 1. The Hall–Kier alpha value is -4.59. The van der Waals surface area contributed by atoms with Crippen LogP contribution < -0.4 is 14.8 Å². The Morgan fingerprint density at radius 3 is 2.64 bits per heavy atom. The van der Waals surface area contributed by atoms with Gasteiger partial charge in [-0.25, -0.2) is 14.6 Å². The normalized spacial score (nSPS) is 14.7. The minimum absolute atomic E-state index is 0.0726. The average molecular weight is 491 g/mol. The molecule has 1 atom stereocenters. The van der Waals surface area contributed by atoms with Crippen LogP contribution >= 0.6 is 0 Å². The van der Waals surface area contributed by atoms with Gasteiger partial charge >= 0.3 is 5.97 Å². The molecule has 4 rings (SSSR count). The SMILES string of the molecule is C=CC(=O)N1CC[C@H](n2ncc3c(NCCC(=O)O)nc(C#Cc4cc(OC)cc(OC)c4)nc32)C1. The number of hydrogen-bond donors (Lipinski definition) is 2. The number of aromatic nitrogens is 4. The second kappa shape index (κ2) is 10.8. The first kappa shape index (κ1) is 24.5. The van der Waals surface area contributed by atoms with Gasteiger partial charge in [-0.2, -0.15) is 5.10 Å². The minimum atomic E-state index is -0.923. The molecule has 0 radical (unpaired) electrons. The van der Waals surface area contributed by atoms with E-state index in [0.717, 1.165) is 0 Å². The molecule has 0 unspecified atom stereocenters. The molecule has 1 saturated heterocycles. The zero-order valence-electron chi connectivity index (χ0n) is 20.0. The number of fused-ring (bicyclic) bond motifs is 1. The van der Waals surface area contributed by atoms with E-state index in [1.54, 1.807) is 48.2 Å². The highest BCUT2D eigenvalue weighted by atomic mass is 16.5. The topological polar surface area (TPSA) is 132 Å². The molecule has 36 heavy (non-hydrogen) atoms. The number of aliphatic carboxylic acids is 1. The molecule has 3 heterocycles. The summed E-state index contributed by atoms with van der Waals surface area (Å²) in [6, 6.07) is 5.22. The second-order valence-corrected chi connectivity index (χ2v) is 8.07. The van der Waals surface area contributed by atoms with E-state index in [4.69, 9.17) is 14.6 Å². The monoisotopic (exact) mass is 490 g/mol. The smallest absolute Gasteiger partial charge is 0.305 e. The first-order valence-electron chi connectivity index (χ1n) is 11.3. The van der Waals surface area contributed by atoms with E-state index < -0.39 is 5.97 Å². The largest absolute Gasteiger partial charge is 0.497 e. The molecule has 186 valence electrons. The number of nitrogens with one attached hydrogen (secondary N) is 1. The molecule has 2 aromatic heterocycles. The fraction of sp³-hybridized carbons (Fsp3) is 0.320. The van der Waals surface area contributed by atoms with Crippen LogP contribution in [0.25, 0.3) is 11.0 Å². The van der Waals surface area contributed by atoms with Gasteiger partial charge in [0.25, 0.3) is 0 Å². The molecule has 2 N–H and O–H groups in total. The fourth-order valence-electron chi connectivity index (χ4n) is 3.95. The fourth-order valence-corrected chi connectivity index (χ4v) is 3.95. The average Bonchev–Trinajstić information content (AvgIpc) is 3.54. The Bertz CT molecular complexity index is 1350. The third-order valence-electron chi connectivity index (χ3n) is 5.75. The summed E-state index contributed by atoms with van der Waals surface area (Å²) in [5.74, 6) is 6.85. The van der Waals surface area contributed by atoms with Crippen LogP contribution in [-0.4, -0.2) is 75.5 Å². The van der Waals surface area contributed by atoms with E-state index >= 15 is 0 Å². The lowest BCUT2D eigenvalue weighted by Crippen LogP contribution is -2.27. The van der Waals surface area contributed by atoms with E-state index in [1.165, 1.54) is 6.08 Å². The molecule has 3 aromatic rings. The lowest BCUT2D eigenvalue weighted by molar-refractivity contribution is -0.136. The van der Waals surface area contributed by atoms with Gasteiger partial charge in [-0.3, -0.25) is 9.59 Å². The van der Waals surface area contributed by atoms with Crippen molar-refractivity contribution in [2.75, 3.05) is 39.2 Å². The number of rotatable bonds is 8. The quantitative estimate of drug-likeness (QED) is 0.360. The minimum Gasteiger partial charge on any atom is -0.497 e. The van der Waals surface area contributed by atoms with E-state index in [-0.39, 0.29) is 30.7 Å². The highest BCUT2D eigenvalue weighted by Gasteiger charge is 2.28. The first-order chi connectivity index (χ1) is 17.4. The Morgan fingerprint density at radius 1 is 1.22 bits per heavy atom. The molecule has 1 aromatic carbocycles. The number of ether oxygens (including phenoxy) is 2. The molecule has 0 saturated carbocycles. The number of hydrogen-bond acceptors (Lipinski definition) is 8. The number of carbonyl (C=O) groups is 2. The molecule has 11 heteroatoms. The Labute approximate surface area is 207 Å². The van der Waals surface area contributed by atoms with Gasteiger partial charge in [0.1, 0.15) is 17.3 Å². The molecule has 1 amide bonds. The van der Waals surface area contributed by atoms with Crippen molar-refractivity contribution in [2.24, 2.45) is 0 Å². The Morgan fingerprint density at radius 2 is 1.97 bits per heavy atom. The molecule has 0 spiro atoms. The molecular formula is C25H26N6O5. The third kappa shape index (κ3) is 5.38. The number of carboxylic acid groups (broad SMARTS) is 1. The predicted molar refractivity (Wildman–Crippen MR) is 132 cm³/mol. The van der Waals surface area contributed by atoms with Gasteiger partial charge in [-0.05, 0) is 30.6 Å². The van der Waals surface area contributed by atoms with Crippen molar-refractivity contribution in [1.29, 1.82) is 0 Å². The van der Waals surface area contributed by atoms with Crippen LogP contribution in [-0.2, 0) is 9.59 Å². The predicted octanol–water partition coefficient (Wildman–Crippen LogP) is 2.09. The Kier molecular flexibility index (Phi) is 7.34. The summed E-state index contributed by atoms with van der Waals surface area (Å²) in [6.45, 7) is 4.81. The van der Waals surface area contributed by atoms with Gasteiger partial charge in [0, 0.05) is 31.3 Å². The lowest BCUT2D eigenvalue weighted by atomic mass is 10.2. The summed E-state index contributed by atoms with van der Waals surface area (Å²) in [7, 11) is 3.12. The molecular weight excluding hydrogens is 464 g/mol. The summed E-state index contributed by atoms with van der Waals surface area (Å²) < 4.78 is 12.4. The number of amides is 1. The van der Waals surface area contributed by atoms with Gasteiger partial charge in [-0.15, -0.1) is 0 Å². The molecule has 1 aliphatic rings. The molecule has 11 nitrogen and oxygen atoms in total.